The standard InChI is InChI=1S/C19H16N2O4S/c20-19(22)14-9-11-18(12-10-14)26(23,24)21-15-5-4-8-17(13-15)25-16-6-2-1-3-7-16/h1-13,21H,(H2,20,22). The Bertz CT molecular complexity index is 1020. The first-order valence-electron chi connectivity index (χ1n) is 7.70. The first-order valence-corrected chi connectivity index (χ1v) is 9.18. The number of nitrogens with two attached hydrogens (primary N) is 1. The first kappa shape index (κ1) is 17.5. The van der Waals surface area contributed by atoms with Crippen LogP contribution >= 0.6 is 0 Å². The molecule has 132 valence electrons. The van der Waals surface area contributed by atoms with Crippen molar-refractivity contribution in [2.75, 3.05) is 4.72 Å². The van der Waals surface area contributed by atoms with Gasteiger partial charge in [-0.25, -0.2) is 8.42 Å². The van der Waals surface area contributed by atoms with E-state index in [2.05, 4.69) is 4.72 Å². The maximum absolute atomic E-state index is 12.5. The minimum atomic E-state index is -3.80. The van der Waals surface area contributed by atoms with Crippen molar-refractivity contribution in [1.82, 2.24) is 0 Å². The third-order valence-corrected chi connectivity index (χ3v) is 4.91. The molecule has 1 amide bonds. The molecule has 0 fully saturated rings. The minimum Gasteiger partial charge on any atom is -0.457 e. The third kappa shape index (κ3) is 4.20. The SMILES string of the molecule is NC(=O)c1ccc(S(=O)(=O)Nc2cccc(Oc3ccccc3)c2)cc1. The molecule has 0 saturated heterocycles. The number of hydrogen-bond donors (Lipinski definition) is 2. The fourth-order valence-corrected chi connectivity index (χ4v) is 3.31. The van der Waals surface area contributed by atoms with E-state index in [4.69, 9.17) is 10.5 Å². The van der Waals surface area contributed by atoms with Crippen LogP contribution in [0.3, 0.4) is 0 Å². The largest absolute Gasteiger partial charge is 0.457 e. The molecule has 26 heavy (non-hydrogen) atoms. The average Bonchev–Trinajstić information content (AvgIpc) is 2.62. The number of ether oxygens (including phenoxy) is 1. The molecule has 0 heterocycles. The Morgan fingerprint density at radius 1 is 0.846 bits per heavy atom. The Balaban J connectivity index is 1.79. The van der Waals surface area contributed by atoms with E-state index in [0.717, 1.165) is 0 Å². The molecule has 3 aromatic rings. The number of anilines is 1. The first-order chi connectivity index (χ1) is 12.4. The van der Waals surface area contributed by atoms with Crippen LogP contribution in [0.5, 0.6) is 11.5 Å². The zero-order chi connectivity index (χ0) is 18.6. The van der Waals surface area contributed by atoms with Crippen molar-refractivity contribution >= 4 is 21.6 Å². The van der Waals surface area contributed by atoms with Crippen molar-refractivity contribution in [3.8, 4) is 11.5 Å². The summed E-state index contributed by atoms with van der Waals surface area (Å²) >= 11 is 0. The second-order valence-corrected chi connectivity index (χ2v) is 7.12. The zero-order valence-corrected chi connectivity index (χ0v) is 14.4. The Morgan fingerprint density at radius 3 is 2.15 bits per heavy atom. The van der Waals surface area contributed by atoms with E-state index in [0.29, 0.717) is 17.2 Å². The van der Waals surface area contributed by atoms with Crippen molar-refractivity contribution in [2.45, 2.75) is 4.90 Å². The highest BCUT2D eigenvalue weighted by Crippen LogP contribution is 2.25. The van der Waals surface area contributed by atoms with E-state index in [-0.39, 0.29) is 10.5 Å². The summed E-state index contributed by atoms with van der Waals surface area (Å²) in [5.41, 5.74) is 5.76. The molecule has 6 nitrogen and oxygen atoms in total. The van der Waals surface area contributed by atoms with Crippen molar-refractivity contribution in [3.63, 3.8) is 0 Å². The maximum atomic E-state index is 12.5. The normalized spacial score (nSPS) is 10.9. The van der Waals surface area contributed by atoms with Crippen LogP contribution in [0.4, 0.5) is 5.69 Å². The molecule has 0 atom stereocenters. The summed E-state index contributed by atoms with van der Waals surface area (Å²) in [7, 11) is -3.80. The molecule has 3 N–H and O–H groups in total. The second kappa shape index (κ2) is 7.28. The number of carbonyl (C=O) groups is 1. The summed E-state index contributed by atoms with van der Waals surface area (Å²) in [6.07, 6.45) is 0. The zero-order valence-electron chi connectivity index (χ0n) is 13.6. The smallest absolute Gasteiger partial charge is 0.261 e. The Kier molecular flexibility index (Phi) is 4.90. The van der Waals surface area contributed by atoms with Crippen LogP contribution in [-0.2, 0) is 10.0 Å². The predicted molar refractivity (Wildman–Crippen MR) is 98.7 cm³/mol. The number of sulfonamides is 1. The quantitative estimate of drug-likeness (QED) is 0.697. The van der Waals surface area contributed by atoms with Crippen LogP contribution in [0.15, 0.2) is 83.8 Å². The van der Waals surface area contributed by atoms with Crippen molar-refractivity contribution in [1.29, 1.82) is 0 Å². The van der Waals surface area contributed by atoms with E-state index in [1.54, 1.807) is 36.4 Å². The molecule has 3 aromatic carbocycles. The number of carbonyl (C=O) groups excluding carboxylic acids is 1. The third-order valence-electron chi connectivity index (χ3n) is 3.51. The lowest BCUT2D eigenvalue weighted by atomic mass is 10.2. The van der Waals surface area contributed by atoms with E-state index in [9.17, 15) is 13.2 Å². The average molecular weight is 368 g/mol. The maximum Gasteiger partial charge on any atom is 0.261 e. The number of rotatable bonds is 6. The molecule has 3 rings (SSSR count). The molecular formula is C19H16N2O4S. The minimum absolute atomic E-state index is 0.0249. The Hall–Kier alpha value is -3.32. The van der Waals surface area contributed by atoms with Crippen LogP contribution in [0.1, 0.15) is 10.4 Å². The monoisotopic (exact) mass is 368 g/mol. The summed E-state index contributed by atoms with van der Waals surface area (Å²) in [6.45, 7) is 0. The molecule has 0 aromatic heterocycles. The van der Waals surface area contributed by atoms with Crippen molar-refractivity contribution < 1.29 is 17.9 Å². The lowest BCUT2D eigenvalue weighted by molar-refractivity contribution is 0.1000. The van der Waals surface area contributed by atoms with Crippen molar-refractivity contribution in [3.05, 3.63) is 84.4 Å². The predicted octanol–water partition coefficient (Wildman–Crippen LogP) is 3.38. The van der Waals surface area contributed by atoms with Gasteiger partial charge in [-0.15, -0.1) is 0 Å². The molecule has 7 heteroatoms. The van der Waals surface area contributed by atoms with Crippen LogP contribution in [0.2, 0.25) is 0 Å². The number of benzene rings is 3. The van der Waals surface area contributed by atoms with Crippen molar-refractivity contribution in [2.24, 2.45) is 5.73 Å². The van der Waals surface area contributed by atoms with Gasteiger partial charge >= 0.3 is 0 Å². The fourth-order valence-electron chi connectivity index (χ4n) is 2.26. The second-order valence-electron chi connectivity index (χ2n) is 5.44. The van der Waals surface area contributed by atoms with Gasteiger partial charge in [-0.1, -0.05) is 24.3 Å². The summed E-state index contributed by atoms with van der Waals surface area (Å²) in [5.74, 6) is 0.530. The molecule has 0 unspecified atom stereocenters. The molecular weight excluding hydrogens is 352 g/mol. The van der Waals surface area contributed by atoms with E-state index < -0.39 is 15.9 Å². The van der Waals surface area contributed by atoms with E-state index in [1.807, 2.05) is 18.2 Å². The summed E-state index contributed by atoms with van der Waals surface area (Å²) in [6, 6.07) is 21.2. The Morgan fingerprint density at radius 2 is 1.50 bits per heavy atom. The van der Waals surface area contributed by atoms with Crippen LogP contribution in [-0.4, -0.2) is 14.3 Å². The number of amides is 1. The summed E-state index contributed by atoms with van der Waals surface area (Å²) < 4.78 is 33.1. The molecule has 0 aliphatic carbocycles. The fraction of sp³-hybridized carbons (Fsp3) is 0. The van der Waals surface area contributed by atoms with Gasteiger partial charge in [0, 0.05) is 11.6 Å². The van der Waals surface area contributed by atoms with Gasteiger partial charge in [0.25, 0.3) is 10.0 Å². The Labute approximate surface area is 151 Å². The van der Waals surface area contributed by atoms with Gasteiger partial charge in [0.05, 0.1) is 10.6 Å². The highest BCUT2D eigenvalue weighted by atomic mass is 32.2. The summed E-state index contributed by atoms with van der Waals surface area (Å²) in [5, 5.41) is 0. The van der Waals surface area contributed by atoms with E-state index in [1.165, 1.54) is 24.3 Å². The molecule has 0 aliphatic heterocycles. The number of hydrogen-bond acceptors (Lipinski definition) is 4. The lowest BCUT2D eigenvalue weighted by Crippen LogP contribution is -2.14. The van der Waals surface area contributed by atoms with Crippen LogP contribution < -0.4 is 15.2 Å². The van der Waals surface area contributed by atoms with Crippen LogP contribution in [0.25, 0.3) is 0 Å². The number of nitrogens with one attached hydrogen (secondary N) is 1. The molecule has 0 bridgehead atoms. The van der Waals surface area contributed by atoms with Gasteiger partial charge < -0.3 is 10.5 Å². The molecule has 0 spiro atoms. The number of primary amides is 1. The highest BCUT2D eigenvalue weighted by molar-refractivity contribution is 7.92. The van der Waals surface area contributed by atoms with Gasteiger partial charge in [0.1, 0.15) is 11.5 Å². The van der Waals surface area contributed by atoms with Gasteiger partial charge in [-0.05, 0) is 48.5 Å². The van der Waals surface area contributed by atoms with E-state index >= 15 is 0 Å². The van der Waals surface area contributed by atoms with Crippen LogP contribution in [0, 0.1) is 0 Å². The van der Waals surface area contributed by atoms with Gasteiger partial charge in [-0.3, -0.25) is 9.52 Å². The topological polar surface area (TPSA) is 98.5 Å². The van der Waals surface area contributed by atoms with Gasteiger partial charge in [0.15, 0.2) is 0 Å². The number of para-hydroxylation sites is 1. The summed E-state index contributed by atoms with van der Waals surface area (Å²) in [4.78, 5) is 11.1. The lowest BCUT2D eigenvalue weighted by Gasteiger charge is -2.10. The molecule has 0 saturated carbocycles. The molecule has 0 aliphatic rings. The van der Waals surface area contributed by atoms with Gasteiger partial charge in [0.2, 0.25) is 5.91 Å². The highest BCUT2D eigenvalue weighted by Gasteiger charge is 2.15. The molecule has 0 radical (unpaired) electrons. The van der Waals surface area contributed by atoms with Gasteiger partial charge in [-0.2, -0.15) is 0 Å².